The first-order chi connectivity index (χ1) is 11.4. The summed E-state index contributed by atoms with van der Waals surface area (Å²) in [6, 6.07) is 5.47. The second-order valence-electron chi connectivity index (χ2n) is 6.64. The van der Waals surface area contributed by atoms with E-state index in [1.807, 2.05) is 36.9 Å². The molecule has 1 amide bonds. The van der Waals surface area contributed by atoms with Gasteiger partial charge in [-0.3, -0.25) is 4.79 Å². The van der Waals surface area contributed by atoms with Crippen molar-refractivity contribution in [3.63, 3.8) is 0 Å². The van der Waals surface area contributed by atoms with Crippen LogP contribution in [0.25, 0.3) is 0 Å². The Morgan fingerprint density at radius 2 is 1.84 bits per heavy atom. The number of carbonyl (C=O) groups excluding carboxylic acids is 1. The summed E-state index contributed by atoms with van der Waals surface area (Å²) in [5.74, 6) is 1.66. The van der Waals surface area contributed by atoms with Crippen molar-refractivity contribution in [2.75, 3.05) is 32.6 Å². The molecule has 1 fully saturated rings. The van der Waals surface area contributed by atoms with Crippen LogP contribution in [0.1, 0.15) is 26.7 Å². The number of benzene rings is 1. The Labute approximate surface area is 156 Å². The van der Waals surface area contributed by atoms with Crippen molar-refractivity contribution in [2.24, 2.45) is 11.7 Å². The van der Waals surface area contributed by atoms with E-state index in [-0.39, 0.29) is 30.3 Å². The van der Waals surface area contributed by atoms with Crippen molar-refractivity contribution in [2.45, 2.75) is 38.8 Å². The minimum Gasteiger partial charge on any atom is -0.497 e. The van der Waals surface area contributed by atoms with Gasteiger partial charge in [0.25, 0.3) is 0 Å². The van der Waals surface area contributed by atoms with Crippen LogP contribution in [0.3, 0.4) is 0 Å². The summed E-state index contributed by atoms with van der Waals surface area (Å²) in [5, 5.41) is 3.49. The Balaban J connectivity index is 0.00000312. The molecular formula is C18H30ClN3O3. The van der Waals surface area contributed by atoms with Gasteiger partial charge in [0.05, 0.1) is 20.3 Å². The van der Waals surface area contributed by atoms with Crippen molar-refractivity contribution < 1.29 is 14.3 Å². The van der Waals surface area contributed by atoms with Gasteiger partial charge in [-0.15, -0.1) is 12.4 Å². The molecule has 1 aromatic carbocycles. The maximum atomic E-state index is 12.5. The lowest BCUT2D eigenvalue weighted by molar-refractivity contribution is -0.134. The zero-order chi connectivity index (χ0) is 17.7. The fourth-order valence-corrected chi connectivity index (χ4v) is 2.92. The molecule has 0 aliphatic carbocycles. The van der Waals surface area contributed by atoms with Gasteiger partial charge in [-0.05, 0) is 18.8 Å². The van der Waals surface area contributed by atoms with Crippen molar-refractivity contribution in [1.29, 1.82) is 0 Å². The van der Waals surface area contributed by atoms with Gasteiger partial charge < -0.3 is 25.4 Å². The highest BCUT2D eigenvalue weighted by Gasteiger charge is 2.28. The summed E-state index contributed by atoms with van der Waals surface area (Å²) in [6.45, 7) is 5.40. The third-order valence-corrected chi connectivity index (χ3v) is 4.46. The summed E-state index contributed by atoms with van der Waals surface area (Å²) in [4.78, 5) is 14.3. The quantitative estimate of drug-likeness (QED) is 0.803. The standard InChI is InChI=1S/C18H29N3O3.ClH/c1-12(2)17(19)18(22)21-7-5-6-13(11-21)20-14-8-15(23-3)10-16(9-14)24-4;/h8-10,12-13,17,20H,5-7,11,19H2,1-4H3;1H/t13?,17-;/m0./s1. The summed E-state index contributed by atoms with van der Waals surface area (Å²) in [5.41, 5.74) is 6.95. The van der Waals surface area contributed by atoms with Gasteiger partial charge in [-0.25, -0.2) is 0 Å². The maximum Gasteiger partial charge on any atom is 0.239 e. The zero-order valence-electron chi connectivity index (χ0n) is 15.5. The fraction of sp³-hybridized carbons (Fsp3) is 0.611. The Morgan fingerprint density at radius 1 is 1.24 bits per heavy atom. The highest BCUT2D eigenvalue weighted by molar-refractivity contribution is 5.85. The third kappa shape index (κ3) is 5.68. The van der Waals surface area contributed by atoms with Crippen LogP contribution >= 0.6 is 12.4 Å². The third-order valence-electron chi connectivity index (χ3n) is 4.46. The van der Waals surface area contributed by atoms with E-state index in [0.717, 1.165) is 36.6 Å². The molecular weight excluding hydrogens is 342 g/mol. The molecule has 1 heterocycles. The van der Waals surface area contributed by atoms with Crippen LogP contribution in [0.2, 0.25) is 0 Å². The average Bonchev–Trinajstić information content (AvgIpc) is 2.60. The lowest BCUT2D eigenvalue weighted by Gasteiger charge is -2.35. The van der Waals surface area contributed by atoms with Crippen molar-refractivity contribution >= 4 is 24.0 Å². The molecule has 142 valence electrons. The Hall–Kier alpha value is -1.66. The van der Waals surface area contributed by atoms with Crippen LogP contribution in [-0.2, 0) is 4.79 Å². The summed E-state index contributed by atoms with van der Waals surface area (Å²) < 4.78 is 10.6. The molecule has 1 aliphatic heterocycles. The number of nitrogens with one attached hydrogen (secondary N) is 1. The number of amides is 1. The van der Waals surface area contributed by atoms with E-state index in [0.29, 0.717) is 6.54 Å². The molecule has 1 aromatic rings. The maximum absolute atomic E-state index is 12.5. The molecule has 6 nitrogen and oxygen atoms in total. The lowest BCUT2D eigenvalue weighted by atomic mass is 10.0. The predicted molar refractivity (Wildman–Crippen MR) is 103 cm³/mol. The van der Waals surface area contributed by atoms with Crippen LogP contribution in [0.4, 0.5) is 5.69 Å². The van der Waals surface area contributed by atoms with Crippen LogP contribution in [-0.4, -0.2) is 50.2 Å². The molecule has 0 saturated carbocycles. The number of ether oxygens (including phenoxy) is 2. The number of rotatable bonds is 6. The molecule has 3 N–H and O–H groups in total. The number of methoxy groups -OCH3 is 2. The largest absolute Gasteiger partial charge is 0.497 e. The molecule has 7 heteroatoms. The second kappa shape index (κ2) is 9.73. The molecule has 2 rings (SSSR count). The van der Waals surface area contributed by atoms with Gasteiger partial charge >= 0.3 is 0 Å². The van der Waals surface area contributed by atoms with Gasteiger partial charge in [0.15, 0.2) is 0 Å². The fourth-order valence-electron chi connectivity index (χ4n) is 2.92. The first-order valence-electron chi connectivity index (χ1n) is 8.48. The van der Waals surface area contributed by atoms with E-state index in [1.165, 1.54) is 0 Å². The second-order valence-corrected chi connectivity index (χ2v) is 6.64. The smallest absolute Gasteiger partial charge is 0.239 e. The first-order valence-corrected chi connectivity index (χ1v) is 8.48. The van der Waals surface area contributed by atoms with Crippen molar-refractivity contribution in [1.82, 2.24) is 4.90 Å². The average molecular weight is 372 g/mol. The predicted octanol–water partition coefficient (Wildman–Crippen LogP) is 2.51. The van der Waals surface area contributed by atoms with E-state index in [2.05, 4.69) is 5.32 Å². The van der Waals surface area contributed by atoms with E-state index in [4.69, 9.17) is 15.2 Å². The van der Waals surface area contributed by atoms with Crippen molar-refractivity contribution in [3.05, 3.63) is 18.2 Å². The number of nitrogens with zero attached hydrogens (tertiary/aromatic N) is 1. The van der Waals surface area contributed by atoms with E-state index >= 15 is 0 Å². The Morgan fingerprint density at radius 3 is 2.36 bits per heavy atom. The molecule has 0 radical (unpaired) electrons. The summed E-state index contributed by atoms with van der Waals surface area (Å²) in [6.07, 6.45) is 1.98. The van der Waals surface area contributed by atoms with E-state index in [9.17, 15) is 4.79 Å². The molecule has 0 bridgehead atoms. The van der Waals surface area contributed by atoms with Gasteiger partial charge in [0.2, 0.25) is 5.91 Å². The number of likely N-dealkylation sites (tertiary alicyclic amines) is 1. The van der Waals surface area contributed by atoms with Gasteiger partial charge in [0.1, 0.15) is 11.5 Å². The van der Waals surface area contributed by atoms with Gasteiger partial charge in [-0.2, -0.15) is 0 Å². The highest BCUT2D eigenvalue weighted by atomic mass is 35.5. The zero-order valence-corrected chi connectivity index (χ0v) is 16.3. The number of hydrogen-bond donors (Lipinski definition) is 2. The van der Waals surface area contributed by atoms with Crippen molar-refractivity contribution in [3.8, 4) is 11.5 Å². The highest BCUT2D eigenvalue weighted by Crippen LogP contribution is 2.27. The normalized spacial score (nSPS) is 18.3. The van der Waals surface area contributed by atoms with Crippen LogP contribution < -0.4 is 20.5 Å². The summed E-state index contributed by atoms with van der Waals surface area (Å²) >= 11 is 0. The van der Waals surface area contributed by atoms with Crippen LogP contribution in [0.15, 0.2) is 18.2 Å². The number of hydrogen-bond acceptors (Lipinski definition) is 5. The van der Waals surface area contributed by atoms with Crippen LogP contribution in [0.5, 0.6) is 11.5 Å². The van der Waals surface area contributed by atoms with E-state index < -0.39 is 6.04 Å². The minimum absolute atomic E-state index is 0. The minimum atomic E-state index is -0.430. The SMILES string of the molecule is COc1cc(NC2CCCN(C(=O)[C@@H](N)C(C)C)C2)cc(OC)c1.Cl. The molecule has 1 aliphatic rings. The topological polar surface area (TPSA) is 76.8 Å². The molecule has 25 heavy (non-hydrogen) atoms. The molecule has 0 spiro atoms. The molecule has 1 saturated heterocycles. The number of carbonyl (C=O) groups is 1. The van der Waals surface area contributed by atoms with Gasteiger partial charge in [0, 0.05) is 43.0 Å². The van der Waals surface area contributed by atoms with Gasteiger partial charge in [-0.1, -0.05) is 13.8 Å². The molecule has 1 unspecified atom stereocenters. The summed E-state index contributed by atoms with van der Waals surface area (Å²) in [7, 11) is 3.26. The molecule has 2 atom stereocenters. The number of piperidine rings is 1. The Kier molecular flexibility index (Phi) is 8.32. The molecule has 0 aromatic heterocycles. The van der Waals surface area contributed by atoms with E-state index in [1.54, 1.807) is 14.2 Å². The van der Waals surface area contributed by atoms with Crippen LogP contribution in [0, 0.1) is 5.92 Å². The number of nitrogens with two attached hydrogens (primary N) is 1. The first kappa shape index (κ1) is 21.4. The lowest BCUT2D eigenvalue weighted by Crippen LogP contribution is -2.52. The number of halogens is 1. The Bertz CT molecular complexity index is 546. The monoisotopic (exact) mass is 371 g/mol. The number of anilines is 1.